The van der Waals surface area contributed by atoms with Crippen molar-refractivity contribution < 1.29 is 119 Å². The molecule has 15 nitrogen and oxygen atoms in total. The lowest BCUT2D eigenvalue weighted by atomic mass is 10.0. The molecule has 3 amide bonds. The van der Waals surface area contributed by atoms with Crippen LogP contribution in [0.4, 0.5) is 65.9 Å². The number of benzene rings is 10. The number of nitrogens with zero attached hydrogens (tertiary/aromatic N) is 3. The lowest BCUT2D eigenvalue weighted by molar-refractivity contribution is -0.147. The predicted octanol–water partition coefficient (Wildman–Crippen LogP) is 25.9. The van der Waals surface area contributed by atoms with Gasteiger partial charge in [0.25, 0.3) is 11.1 Å². The van der Waals surface area contributed by atoms with Crippen LogP contribution in [0.1, 0.15) is 190 Å². The van der Waals surface area contributed by atoms with Gasteiger partial charge in [-0.2, -0.15) is 65.9 Å². The van der Waals surface area contributed by atoms with E-state index in [1.807, 2.05) is 126 Å². The van der Waals surface area contributed by atoms with E-state index in [0.29, 0.717) is 36.8 Å². The summed E-state index contributed by atoms with van der Waals surface area (Å²) in [6, 6.07) is 70.1. The van der Waals surface area contributed by atoms with Crippen LogP contribution in [0, 0.1) is 0 Å². The number of carboxylic acids is 1. The van der Waals surface area contributed by atoms with Gasteiger partial charge in [-0.3, -0.25) is 19.2 Å². The summed E-state index contributed by atoms with van der Waals surface area (Å²) >= 11 is 12.6. The molecule has 0 bridgehead atoms. The molecule has 0 radical (unpaired) electrons. The van der Waals surface area contributed by atoms with Gasteiger partial charge in [-0.25, -0.2) is 13.2 Å². The molecule has 9 atom stereocenters. The fourth-order valence-corrected chi connectivity index (χ4v) is 15.5. The van der Waals surface area contributed by atoms with Crippen LogP contribution in [-0.2, 0) is 73.3 Å². The summed E-state index contributed by atoms with van der Waals surface area (Å²) in [4.78, 5) is 66.1. The quantitative estimate of drug-likeness (QED) is 0.0263. The molecule has 4 heterocycles. The molecule has 132 heavy (non-hydrogen) atoms. The van der Waals surface area contributed by atoms with E-state index >= 15 is 0 Å². The number of hydrogen-bond acceptors (Lipinski definition) is 12. The van der Waals surface area contributed by atoms with Crippen LogP contribution in [0.2, 0.25) is 0 Å². The van der Waals surface area contributed by atoms with Crippen molar-refractivity contribution in [2.24, 2.45) is 0 Å². The second-order valence-corrected chi connectivity index (χ2v) is 35.9. The highest BCUT2D eigenvalue weighted by Gasteiger charge is 2.41. The summed E-state index contributed by atoms with van der Waals surface area (Å²) < 4.78 is 206. The van der Waals surface area contributed by atoms with Crippen LogP contribution in [0.5, 0.6) is 0 Å². The second-order valence-electron chi connectivity index (χ2n) is 28.9. The SMILES string of the molecule is C.Cl.O=C(C(Cl)c1ccc(C(F)(F)F)cc1)N1CCCC1c1ccccc1.O=C(C(O)c1ccc(C(F)(F)F)cc1)N1CCCC1c1ccccc1.O=C(C(Sc1ccccc1)c1ccc(C(F)(F)F)cc1)N1CCCC1c1ccccc1.O=C(Cl)C(O)c1ccc(C(F)(F)F)cc1.O=C(O)C(O)c1ccc(C(F)(F)F)cc1.O=S(Cl)Cl.O=S(Cl)Cl.c1ccc(C2CCCN2)cc1. The first-order chi connectivity index (χ1) is 61.3. The lowest BCUT2D eigenvalue weighted by Crippen LogP contribution is -2.34. The van der Waals surface area contributed by atoms with Gasteiger partial charge in [-0.05, 0) is 192 Å². The zero-order valence-corrected chi connectivity index (χ0v) is 76.0. The third-order valence-electron chi connectivity index (χ3n) is 20.3. The van der Waals surface area contributed by atoms with E-state index in [4.69, 9.17) is 46.9 Å². The molecule has 4 aliphatic rings. The van der Waals surface area contributed by atoms with Crippen molar-refractivity contribution in [1.29, 1.82) is 0 Å². The highest BCUT2D eigenvalue weighted by atomic mass is 36.0. The largest absolute Gasteiger partial charge is 0.479 e. The number of nitrogens with one attached hydrogen (secondary N) is 1. The van der Waals surface area contributed by atoms with Gasteiger partial charge in [0.1, 0.15) is 10.6 Å². The van der Waals surface area contributed by atoms with Gasteiger partial charge in [-0.1, -0.05) is 208 Å². The van der Waals surface area contributed by atoms with Crippen molar-refractivity contribution in [1.82, 2.24) is 20.0 Å². The van der Waals surface area contributed by atoms with Gasteiger partial charge in [0.05, 0.1) is 45.9 Å². The Balaban J connectivity index is 0.000000282. The van der Waals surface area contributed by atoms with E-state index in [9.17, 15) is 94.9 Å². The molecule has 0 aromatic heterocycles. The Hall–Kier alpha value is -8.78. The maximum absolute atomic E-state index is 13.7. The normalized spacial score (nSPS) is 16.9. The molecule has 10 aromatic rings. The van der Waals surface area contributed by atoms with Gasteiger partial charge < -0.3 is 40.4 Å². The molecule has 14 rings (SSSR count). The van der Waals surface area contributed by atoms with E-state index in [2.05, 4.69) is 78.4 Å². The lowest BCUT2D eigenvalue weighted by Gasteiger charge is -2.29. The average molecular weight is 2060 g/mol. The highest BCUT2D eigenvalue weighted by molar-refractivity contribution is 8.27. The number of aliphatic carboxylic acids is 1. The number of aliphatic hydroxyl groups excluding tert-OH is 3. The van der Waals surface area contributed by atoms with E-state index in [1.165, 1.54) is 61.0 Å². The number of carboxylic acid groups (broad SMARTS) is 1. The maximum atomic E-state index is 13.7. The van der Waals surface area contributed by atoms with Crippen molar-refractivity contribution in [3.8, 4) is 0 Å². The van der Waals surface area contributed by atoms with Gasteiger partial charge in [0.15, 0.2) is 18.3 Å². The van der Waals surface area contributed by atoms with Crippen molar-refractivity contribution >= 4 is 137 Å². The van der Waals surface area contributed by atoms with Crippen molar-refractivity contribution in [2.45, 2.75) is 148 Å². The number of amides is 3. The average Bonchev–Trinajstić information content (AvgIpc) is 1.57. The van der Waals surface area contributed by atoms with Gasteiger partial charge in [0, 0.05) is 73.3 Å². The van der Waals surface area contributed by atoms with E-state index in [0.717, 1.165) is 157 Å². The van der Waals surface area contributed by atoms with Gasteiger partial charge in [0.2, 0.25) is 30.3 Å². The molecule has 0 saturated carbocycles. The standard InChI is InChI=1S/C25H22F3NOS.C19H17ClF3NO.C19H18F3NO2.C10H13N.C9H6ClF3O2.C9H7F3O3.CH4.2Cl2OS.ClH/c26-25(27,28)20-15-13-19(14-16-20)23(31-21-10-5-2-6-11-21)24(30)29-17-7-12-22(29)18-8-3-1-4-9-18;20-17(14-8-10-15(11-9-14)19(21,22)23)18(25)24-12-4-7-16(24)13-5-2-1-3-6-13;20-19(21,22)15-10-8-14(9-11-15)17(24)18(25)23-12-4-7-16(23)13-5-2-1-3-6-13;1-2-5-9(6-3-1)10-7-4-8-11-10;10-8(15)7(14)5-1-3-6(4-2-5)9(11,12)13;10-9(11,12)6-3-1-5(2-4-6)7(13)8(14)15;;2*1-4(2)3;/h1-6,8-11,13-16,22-23H,7,12,17H2;1-3,5-6,8-11,16-17H,4,7,12H2;1-3,5-6,8-11,16-17,24H,4,7,12H2;1-3,5-6,10-11H,4,7-8H2;1-4,7,14H;1-4,7,13H,(H,14,15);1H4;;;1H. The van der Waals surface area contributed by atoms with Crippen LogP contribution in [-0.4, -0.2) is 98.7 Å². The minimum atomic E-state index is -4.47. The van der Waals surface area contributed by atoms with Crippen LogP contribution < -0.4 is 5.32 Å². The topological polar surface area (TPSA) is 222 Å². The van der Waals surface area contributed by atoms with Crippen molar-refractivity contribution in [3.05, 3.63) is 351 Å². The summed E-state index contributed by atoms with van der Waals surface area (Å²) in [7, 11) is 14.7. The number of likely N-dealkylation sites (tertiary alicyclic amines) is 3. The first-order valence-electron chi connectivity index (χ1n) is 39.3. The predicted molar refractivity (Wildman–Crippen MR) is 485 cm³/mol. The summed E-state index contributed by atoms with van der Waals surface area (Å²) in [6.07, 6.45) is -19.3. The Bertz CT molecular complexity index is 5000. The van der Waals surface area contributed by atoms with E-state index in [-0.39, 0.29) is 66.5 Å². The van der Waals surface area contributed by atoms with Crippen molar-refractivity contribution in [3.63, 3.8) is 0 Å². The third-order valence-corrected chi connectivity index (χ3v) is 22.2. The zero-order valence-electron chi connectivity index (χ0n) is 68.2. The number of carbonyl (C=O) groups is 5. The first kappa shape index (κ1) is 114. The van der Waals surface area contributed by atoms with Crippen LogP contribution in [0.15, 0.2) is 278 Å². The number of aliphatic hydroxyl groups is 3. The third kappa shape index (κ3) is 36.1. The fourth-order valence-electron chi connectivity index (χ4n) is 14.0. The molecule has 0 aliphatic carbocycles. The maximum Gasteiger partial charge on any atom is 0.416 e. The second kappa shape index (κ2) is 54.1. The molecule has 714 valence electrons. The Morgan fingerprint density at radius 2 is 0.629 bits per heavy atom. The Kier molecular flexibility index (Phi) is 46.6. The Morgan fingerprint density at radius 1 is 0.364 bits per heavy atom. The fraction of sp³-hybridized carbons (Fsp3) is 0.293. The molecule has 10 aromatic carbocycles. The number of alkyl halides is 16. The molecule has 4 aliphatic heterocycles. The van der Waals surface area contributed by atoms with Crippen LogP contribution >= 0.6 is 90.1 Å². The molecule has 4 fully saturated rings. The van der Waals surface area contributed by atoms with E-state index < -0.39 is 123 Å². The molecule has 0 spiro atoms. The minimum absolute atomic E-state index is 0. The molecule has 5 N–H and O–H groups in total. The Morgan fingerprint density at radius 3 is 0.917 bits per heavy atom. The monoisotopic (exact) mass is 2050 g/mol. The minimum Gasteiger partial charge on any atom is -0.479 e. The molecule has 40 heteroatoms. The summed E-state index contributed by atoms with van der Waals surface area (Å²) in [5.74, 6) is -2.33. The summed E-state index contributed by atoms with van der Waals surface area (Å²) in [5, 5.41) is 37.7. The molecular formula is C92H88Cl7F15N4O11S3. The summed E-state index contributed by atoms with van der Waals surface area (Å²) in [5.41, 5.74) is 1.61. The smallest absolute Gasteiger partial charge is 0.416 e. The first-order valence-corrected chi connectivity index (χ1v) is 46.6. The van der Waals surface area contributed by atoms with Crippen LogP contribution in [0.25, 0.3) is 0 Å². The number of halogens is 22. The van der Waals surface area contributed by atoms with Crippen LogP contribution in [0.3, 0.4) is 0 Å². The number of thioether (sulfide) groups is 1. The Labute approximate surface area is 795 Å². The summed E-state index contributed by atoms with van der Waals surface area (Å²) in [6.45, 7) is 2.95. The van der Waals surface area contributed by atoms with E-state index in [1.54, 1.807) is 9.80 Å². The van der Waals surface area contributed by atoms with Crippen molar-refractivity contribution in [2.75, 3.05) is 26.2 Å². The number of hydrogen-bond donors (Lipinski definition) is 5. The molecule has 9 unspecified atom stereocenters. The highest BCUT2D eigenvalue weighted by Crippen LogP contribution is 2.45. The number of carbonyl (C=O) groups excluding carboxylic acids is 4. The molecule has 4 saturated heterocycles. The van der Waals surface area contributed by atoms with Gasteiger partial charge in [-0.15, -0.1) is 35.8 Å². The zero-order chi connectivity index (χ0) is 95.8. The number of rotatable bonds is 16. The molecular weight excluding hydrogens is 1970 g/mol. The van der Waals surface area contributed by atoms with Gasteiger partial charge >= 0.3 is 36.9 Å².